The number of hydrogen-bond donors (Lipinski definition) is 3. The number of ether oxygens (including phenoxy) is 1. The van der Waals surface area contributed by atoms with Crippen molar-refractivity contribution in [3.8, 4) is 11.3 Å². The van der Waals surface area contributed by atoms with Crippen LogP contribution in [0, 0.1) is 0 Å². The highest BCUT2D eigenvalue weighted by Crippen LogP contribution is 2.38. The average Bonchev–Trinajstić information content (AvgIpc) is 3.28. The van der Waals surface area contributed by atoms with Crippen LogP contribution < -0.4 is 5.73 Å². The first kappa shape index (κ1) is 29.9. The van der Waals surface area contributed by atoms with Gasteiger partial charge in [-0.1, -0.05) is 37.5 Å². The largest absolute Gasteiger partial charge is 0.465 e. The molecule has 0 aliphatic rings. The number of halogens is 3. The quantitative estimate of drug-likeness (QED) is 0.256. The van der Waals surface area contributed by atoms with Gasteiger partial charge in [0.25, 0.3) is 0 Å². The van der Waals surface area contributed by atoms with Gasteiger partial charge in [0.1, 0.15) is 0 Å². The summed E-state index contributed by atoms with van der Waals surface area (Å²) >= 11 is 0. The van der Waals surface area contributed by atoms with E-state index in [0.29, 0.717) is 6.07 Å². The van der Waals surface area contributed by atoms with Crippen LogP contribution in [0.4, 0.5) is 18.9 Å². The van der Waals surface area contributed by atoms with Crippen LogP contribution in [-0.2, 0) is 10.9 Å². The molecule has 0 unspecified atom stereocenters. The molecule has 0 atom stereocenters. The van der Waals surface area contributed by atoms with Crippen molar-refractivity contribution in [2.45, 2.75) is 26.9 Å². The van der Waals surface area contributed by atoms with Gasteiger partial charge in [-0.15, -0.1) is 0 Å². The molecule has 2 aromatic rings. The molecule has 0 saturated heterocycles. The summed E-state index contributed by atoms with van der Waals surface area (Å²) in [5, 5.41) is 13.6. The Morgan fingerprint density at radius 3 is 2.10 bits per heavy atom. The standard InChI is InChI=1S/C12H10F3N3O2.C4H8.C4H6.C2H6O/c1-20-11(19)7-4-6(10-2-3-17-18-10)8(5-9(7)16)12(13,14)15;2*1-3-4-2;1-2-3/h2-5H,16H2,1H3,(H,17,18);3-4H,1-2H3;3-4H,1-2H2;3H,2H2,1H3/b;4-3-;;. The van der Waals surface area contributed by atoms with Gasteiger partial charge in [-0.25, -0.2) is 4.79 Å². The Bertz CT molecular complexity index is 805. The fourth-order valence-corrected chi connectivity index (χ4v) is 1.77. The van der Waals surface area contributed by atoms with Crippen molar-refractivity contribution in [2.24, 2.45) is 0 Å². The molecule has 0 aliphatic carbocycles. The number of nitrogen functional groups attached to an aromatic ring is 1. The highest BCUT2D eigenvalue weighted by Gasteiger charge is 2.35. The molecule has 9 heteroatoms. The molecular formula is C22H30F3N3O3. The maximum atomic E-state index is 13.0. The lowest BCUT2D eigenvalue weighted by atomic mass is 9.99. The van der Waals surface area contributed by atoms with Gasteiger partial charge in [0.2, 0.25) is 0 Å². The Hall–Kier alpha value is -3.33. The number of aromatic nitrogens is 2. The second kappa shape index (κ2) is 16.5. The minimum Gasteiger partial charge on any atom is -0.465 e. The van der Waals surface area contributed by atoms with Gasteiger partial charge < -0.3 is 15.6 Å². The fraction of sp³-hybridized carbons (Fsp3) is 0.273. The van der Waals surface area contributed by atoms with Crippen LogP contribution in [0.3, 0.4) is 0 Å². The van der Waals surface area contributed by atoms with Gasteiger partial charge in [0.05, 0.1) is 23.9 Å². The SMILES string of the molecule is C/C=C\C.C=CC=C.CCO.COC(=O)c1cc(-c2ccn[nH]2)c(C(F)(F)F)cc1N. The lowest BCUT2D eigenvalue weighted by Crippen LogP contribution is -2.12. The van der Waals surface area contributed by atoms with Crippen LogP contribution in [0.1, 0.15) is 36.7 Å². The number of H-pyrrole nitrogens is 1. The van der Waals surface area contributed by atoms with Crippen LogP contribution in [0.25, 0.3) is 11.3 Å². The lowest BCUT2D eigenvalue weighted by Gasteiger charge is -2.14. The molecule has 0 fully saturated rings. The average molecular weight is 441 g/mol. The molecule has 31 heavy (non-hydrogen) atoms. The summed E-state index contributed by atoms with van der Waals surface area (Å²) in [5.74, 6) is -0.808. The summed E-state index contributed by atoms with van der Waals surface area (Å²) in [6.07, 6.45) is 3.98. The molecule has 0 amide bonds. The molecule has 1 aromatic heterocycles. The van der Waals surface area contributed by atoms with Crippen molar-refractivity contribution in [1.82, 2.24) is 10.2 Å². The predicted octanol–water partition coefficient (Wildman–Crippen LogP) is 5.40. The second-order valence-electron chi connectivity index (χ2n) is 5.40. The van der Waals surface area contributed by atoms with Crippen LogP contribution in [0.5, 0.6) is 0 Å². The zero-order valence-corrected chi connectivity index (χ0v) is 18.2. The van der Waals surface area contributed by atoms with Crippen LogP contribution >= 0.6 is 0 Å². The number of nitrogens with two attached hydrogens (primary N) is 1. The molecule has 0 spiro atoms. The van der Waals surface area contributed by atoms with Gasteiger partial charge in [0.15, 0.2) is 0 Å². The van der Waals surface area contributed by atoms with Crippen LogP contribution in [-0.4, -0.2) is 35.0 Å². The fourth-order valence-electron chi connectivity index (χ4n) is 1.77. The molecule has 0 saturated carbocycles. The van der Waals surface area contributed by atoms with Crippen molar-refractivity contribution in [3.63, 3.8) is 0 Å². The highest BCUT2D eigenvalue weighted by molar-refractivity contribution is 5.97. The first-order valence-corrected chi connectivity index (χ1v) is 9.09. The first-order chi connectivity index (χ1) is 14.6. The van der Waals surface area contributed by atoms with Crippen molar-refractivity contribution < 1.29 is 27.8 Å². The van der Waals surface area contributed by atoms with Crippen molar-refractivity contribution in [1.29, 1.82) is 0 Å². The molecule has 6 nitrogen and oxygen atoms in total. The second-order valence-corrected chi connectivity index (χ2v) is 5.40. The molecule has 0 radical (unpaired) electrons. The Kier molecular flexibility index (Phi) is 15.9. The van der Waals surface area contributed by atoms with Crippen molar-refractivity contribution >= 4 is 11.7 Å². The van der Waals surface area contributed by atoms with Crippen molar-refractivity contribution in [2.75, 3.05) is 19.5 Å². The Morgan fingerprint density at radius 2 is 1.77 bits per heavy atom. The van der Waals surface area contributed by atoms with E-state index in [9.17, 15) is 18.0 Å². The number of alkyl halides is 3. The number of allylic oxidation sites excluding steroid dienone is 4. The van der Waals surface area contributed by atoms with Gasteiger partial charge in [-0.2, -0.15) is 18.3 Å². The van der Waals surface area contributed by atoms with E-state index >= 15 is 0 Å². The monoisotopic (exact) mass is 441 g/mol. The van der Waals surface area contributed by atoms with Crippen LogP contribution in [0.15, 0.2) is 61.9 Å². The zero-order valence-electron chi connectivity index (χ0n) is 18.2. The summed E-state index contributed by atoms with van der Waals surface area (Å²) < 4.78 is 43.6. The number of carbonyl (C=O) groups excluding carboxylic acids is 1. The smallest absolute Gasteiger partial charge is 0.417 e. The van der Waals surface area contributed by atoms with Gasteiger partial charge in [0, 0.05) is 24.1 Å². The number of anilines is 1. The van der Waals surface area contributed by atoms with E-state index in [0.717, 1.165) is 13.2 Å². The summed E-state index contributed by atoms with van der Waals surface area (Å²) in [5.41, 5.74) is 4.01. The van der Waals surface area contributed by atoms with Gasteiger partial charge >= 0.3 is 12.1 Å². The molecule has 1 heterocycles. The summed E-state index contributed by atoms with van der Waals surface area (Å²) in [6, 6.07) is 3.11. The number of rotatable bonds is 3. The molecule has 172 valence electrons. The highest BCUT2D eigenvalue weighted by atomic mass is 19.4. The Labute approximate surface area is 180 Å². The molecule has 4 N–H and O–H groups in total. The number of esters is 1. The number of aromatic amines is 1. The topological polar surface area (TPSA) is 101 Å². The number of benzene rings is 1. The van der Waals surface area contributed by atoms with Gasteiger partial charge in [-0.3, -0.25) is 5.10 Å². The predicted molar refractivity (Wildman–Crippen MR) is 118 cm³/mol. The first-order valence-electron chi connectivity index (χ1n) is 9.09. The third-order valence-electron chi connectivity index (χ3n) is 3.19. The van der Waals surface area contributed by atoms with E-state index in [1.807, 2.05) is 26.0 Å². The van der Waals surface area contributed by atoms with Gasteiger partial charge in [-0.05, 0) is 39.0 Å². The molecule has 1 aromatic carbocycles. The summed E-state index contributed by atoms with van der Waals surface area (Å²) in [7, 11) is 1.12. The summed E-state index contributed by atoms with van der Waals surface area (Å²) in [4.78, 5) is 11.5. The van der Waals surface area contributed by atoms with E-state index in [2.05, 4.69) is 28.1 Å². The third kappa shape index (κ3) is 11.4. The Morgan fingerprint density at radius 1 is 1.26 bits per heavy atom. The molecule has 2 rings (SSSR count). The number of methoxy groups -OCH3 is 1. The number of carbonyl (C=O) groups is 1. The van der Waals surface area contributed by atoms with E-state index in [-0.39, 0.29) is 29.1 Å². The lowest BCUT2D eigenvalue weighted by molar-refractivity contribution is -0.137. The zero-order chi connectivity index (χ0) is 24.4. The Balaban J connectivity index is 0. The molecule has 0 bridgehead atoms. The molecular weight excluding hydrogens is 411 g/mol. The van der Waals surface area contributed by atoms with E-state index in [1.165, 1.54) is 12.3 Å². The minimum absolute atomic E-state index is 0.127. The molecule has 0 aliphatic heterocycles. The maximum absolute atomic E-state index is 13.0. The number of nitrogens with zero attached hydrogens (tertiary/aromatic N) is 1. The number of aliphatic hydroxyl groups is 1. The van der Waals surface area contributed by atoms with E-state index in [4.69, 9.17) is 10.8 Å². The van der Waals surface area contributed by atoms with E-state index < -0.39 is 17.7 Å². The minimum atomic E-state index is -4.61. The number of hydrogen-bond acceptors (Lipinski definition) is 5. The maximum Gasteiger partial charge on any atom is 0.417 e. The number of nitrogens with one attached hydrogen (secondary N) is 1. The van der Waals surface area contributed by atoms with Crippen molar-refractivity contribution in [3.05, 3.63) is 73.0 Å². The van der Waals surface area contributed by atoms with Crippen LogP contribution in [0.2, 0.25) is 0 Å². The summed E-state index contributed by atoms with van der Waals surface area (Å²) in [6.45, 7) is 12.7. The third-order valence-corrected chi connectivity index (χ3v) is 3.19. The number of aliphatic hydroxyl groups excluding tert-OH is 1. The van der Waals surface area contributed by atoms with E-state index in [1.54, 1.807) is 19.1 Å². The normalized spacial score (nSPS) is 9.81.